The summed E-state index contributed by atoms with van der Waals surface area (Å²) in [5, 5.41) is 28.7. The molecule has 0 aliphatic rings. The van der Waals surface area contributed by atoms with Gasteiger partial charge in [0.25, 0.3) is 10.0 Å². The number of sulfonamides is 1. The molecule has 1 atom stereocenters. The normalized spacial score (nSPS) is 11.8. The molecule has 18 heteroatoms. The first-order valence-electron chi connectivity index (χ1n) is 15.3. The molecule has 0 fully saturated rings. The number of carboxylic acids is 1. The summed E-state index contributed by atoms with van der Waals surface area (Å²) in [5.41, 5.74) is 2.89. The van der Waals surface area contributed by atoms with Crippen LogP contribution in [0.5, 0.6) is 0 Å². The Morgan fingerprint density at radius 1 is 0.885 bits per heavy atom. The third-order valence-electron chi connectivity index (χ3n) is 7.73. The summed E-state index contributed by atoms with van der Waals surface area (Å²) in [6.45, 7) is 1.84. The van der Waals surface area contributed by atoms with Crippen LogP contribution >= 0.6 is 11.6 Å². The van der Waals surface area contributed by atoms with E-state index in [1.807, 2.05) is 6.92 Å². The number of benzene rings is 4. The fourth-order valence-corrected chi connectivity index (χ4v) is 6.35. The van der Waals surface area contributed by atoms with Crippen LogP contribution in [0.2, 0.25) is 5.02 Å². The quantitative estimate of drug-likeness (QED) is 0.105. The Morgan fingerprint density at radius 3 is 2.31 bits per heavy atom. The van der Waals surface area contributed by atoms with Gasteiger partial charge in [0, 0.05) is 33.7 Å². The summed E-state index contributed by atoms with van der Waals surface area (Å²) in [4.78, 5) is 54.4. The van der Waals surface area contributed by atoms with Crippen LogP contribution in [0.3, 0.4) is 0 Å². The molecular formula is C34H28ClN9O7S. The van der Waals surface area contributed by atoms with E-state index in [2.05, 4.69) is 41.2 Å². The third-order valence-corrected chi connectivity index (χ3v) is 9.36. The lowest BCUT2D eigenvalue weighted by molar-refractivity contribution is -0.137. The highest BCUT2D eigenvalue weighted by Crippen LogP contribution is 2.25. The number of H-pyrrole nitrogens is 1. The number of amides is 3. The van der Waals surface area contributed by atoms with E-state index < -0.39 is 39.8 Å². The number of hydrogen-bond acceptors (Lipinski definition) is 9. The van der Waals surface area contributed by atoms with Crippen molar-refractivity contribution in [3.8, 4) is 5.69 Å². The van der Waals surface area contributed by atoms with Gasteiger partial charge in [-0.1, -0.05) is 41.4 Å². The second kappa shape index (κ2) is 14.7. The summed E-state index contributed by atoms with van der Waals surface area (Å²) in [7, 11) is -3.88. The van der Waals surface area contributed by atoms with Crippen molar-refractivity contribution in [2.45, 2.75) is 24.3 Å². The van der Waals surface area contributed by atoms with E-state index in [4.69, 9.17) is 11.6 Å². The van der Waals surface area contributed by atoms with Gasteiger partial charge in [-0.3, -0.25) is 19.1 Å². The van der Waals surface area contributed by atoms with E-state index >= 15 is 0 Å². The summed E-state index contributed by atoms with van der Waals surface area (Å²) in [6, 6.07) is 21.8. The van der Waals surface area contributed by atoms with E-state index in [0.717, 1.165) is 5.56 Å². The van der Waals surface area contributed by atoms with E-state index in [1.54, 1.807) is 48.5 Å². The minimum absolute atomic E-state index is 0.0397. The predicted molar refractivity (Wildman–Crippen MR) is 191 cm³/mol. The number of carbonyl (C=O) groups excluding carboxylic acids is 3. The number of aromatic carboxylic acids is 1. The molecule has 6 rings (SSSR count). The first-order chi connectivity index (χ1) is 24.8. The molecule has 0 aliphatic carbocycles. The smallest absolute Gasteiger partial charge is 0.352 e. The molecular weight excluding hydrogens is 714 g/mol. The average Bonchev–Trinajstić information content (AvgIpc) is 3.80. The van der Waals surface area contributed by atoms with Crippen molar-refractivity contribution < 1.29 is 32.7 Å². The first-order valence-corrected chi connectivity index (χ1v) is 17.2. The highest BCUT2D eigenvalue weighted by atomic mass is 35.5. The number of nitrogens with zero attached hydrogens (tertiary/aromatic N) is 4. The van der Waals surface area contributed by atoms with Crippen LogP contribution in [0.25, 0.3) is 16.6 Å². The lowest BCUT2D eigenvalue weighted by Crippen LogP contribution is -2.49. The fourth-order valence-electron chi connectivity index (χ4n) is 5.12. The van der Waals surface area contributed by atoms with Gasteiger partial charge in [0.05, 0.1) is 16.3 Å². The lowest BCUT2D eigenvalue weighted by atomic mass is 10.0. The summed E-state index contributed by atoms with van der Waals surface area (Å²) in [5.74, 6) is -4.13. The average molecular weight is 742 g/mol. The molecule has 264 valence electrons. The third kappa shape index (κ3) is 8.23. The number of carboxylic acid groups (broad SMARTS) is 1. The predicted octanol–water partition coefficient (Wildman–Crippen LogP) is 3.91. The molecule has 0 radical (unpaired) electrons. The van der Waals surface area contributed by atoms with Crippen molar-refractivity contribution >= 4 is 73.3 Å². The van der Waals surface area contributed by atoms with Crippen molar-refractivity contribution in [2.75, 3.05) is 15.4 Å². The molecule has 0 unspecified atom stereocenters. The summed E-state index contributed by atoms with van der Waals surface area (Å²) < 4.78 is 29.5. The number of anilines is 3. The van der Waals surface area contributed by atoms with Gasteiger partial charge in [0.1, 0.15) is 18.1 Å². The molecule has 0 saturated heterocycles. The van der Waals surface area contributed by atoms with Gasteiger partial charge in [-0.05, 0) is 89.6 Å². The van der Waals surface area contributed by atoms with Crippen LogP contribution in [-0.4, -0.2) is 68.4 Å². The summed E-state index contributed by atoms with van der Waals surface area (Å²) in [6.07, 6.45) is 1.17. The first kappa shape index (κ1) is 35.2. The molecule has 0 spiro atoms. The maximum Gasteiger partial charge on any atom is 0.352 e. The van der Waals surface area contributed by atoms with E-state index in [0.29, 0.717) is 27.8 Å². The maximum absolute atomic E-state index is 13.7. The van der Waals surface area contributed by atoms with Gasteiger partial charge >= 0.3 is 17.8 Å². The standard InChI is InChI=1S/C34H28ClN9O7S/c1-19-2-10-25(11-3-19)52(50,51)41-23-7-4-20(5-8-23)14-28(31(45)37-24-9-12-26-21(15-24)16-29(38-26)34(48)49)40-33(47)32(46)39-27-17-22(35)6-13-30(27)44-18-36-42-43-44/h2-13,15-18,28,38,41H,14H2,1H3,(H,37,45)(H,39,46)(H,40,47)(H,48,49)/t28-/m0/s1. The van der Waals surface area contributed by atoms with Crippen LogP contribution < -0.4 is 20.7 Å². The Labute approximate surface area is 300 Å². The topological polar surface area (TPSA) is 230 Å². The minimum Gasteiger partial charge on any atom is -0.477 e. The van der Waals surface area contributed by atoms with Gasteiger partial charge in [-0.25, -0.2) is 13.2 Å². The number of halogens is 1. The fraction of sp³-hybridized carbons (Fsp3) is 0.0882. The number of rotatable bonds is 11. The molecule has 4 aromatic carbocycles. The maximum atomic E-state index is 13.7. The number of fused-ring (bicyclic) bond motifs is 1. The number of nitrogens with one attached hydrogen (secondary N) is 5. The van der Waals surface area contributed by atoms with Gasteiger partial charge in [-0.15, -0.1) is 5.10 Å². The van der Waals surface area contributed by atoms with Crippen LogP contribution in [0.4, 0.5) is 17.1 Å². The Bertz CT molecular complexity index is 2420. The van der Waals surface area contributed by atoms with Crippen molar-refractivity contribution in [1.82, 2.24) is 30.5 Å². The Balaban J connectivity index is 1.22. The largest absolute Gasteiger partial charge is 0.477 e. The van der Waals surface area contributed by atoms with Crippen molar-refractivity contribution in [1.29, 1.82) is 0 Å². The molecule has 0 aliphatic heterocycles. The van der Waals surface area contributed by atoms with Crippen molar-refractivity contribution in [3.63, 3.8) is 0 Å². The monoisotopic (exact) mass is 741 g/mol. The molecule has 6 N–H and O–H groups in total. The molecule has 2 aromatic heterocycles. The highest BCUT2D eigenvalue weighted by molar-refractivity contribution is 7.92. The Kier molecular flexibility index (Phi) is 9.97. The number of tetrazole rings is 1. The zero-order valence-corrected chi connectivity index (χ0v) is 28.6. The van der Waals surface area contributed by atoms with Crippen LogP contribution in [0.15, 0.2) is 102 Å². The molecule has 0 saturated carbocycles. The van der Waals surface area contributed by atoms with E-state index in [-0.39, 0.29) is 33.4 Å². The zero-order chi connectivity index (χ0) is 37.0. The number of aryl methyl sites for hydroxylation is 1. The molecule has 6 aromatic rings. The Morgan fingerprint density at radius 2 is 1.62 bits per heavy atom. The Hall–Kier alpha value is -6.59. The number of aromatic nitrogens is 5. The van der Waals surface area contributed by atoms with Crippen LogP contribution in [-0.2, 0) is 30.8 Å². The second-order valence-corrected chi connectivity index (χ2v) is 13.6. The summed E-state index contributed by atoms with van der Waals surface area (Å²) >= 11 is 6.14. The number of aromatic amines is 1. The molecule has 2 heterocycles. The second-order valence-electron chi connectivity index (χ2n) is 11.5. The van der Waals surface area contributed by atoms with Gasteiger partial charge < -0.3 is 26.0 Å². The minimum atomic E-state index is -3.88. The molecule has 52 heavy (non-hydrogen) atoms. The van der Waals surface area contributed by atoms with Gasteiger partial charge in [-0.2, -0.15) is 4.68 Å². The SMILES string of the molecule is Cc1ccc(S(=O)(=O)Nc2ccc(C[C@H](NC(=O)C(=O)Nc3cc(Cl)ccc3-n3cnnn3)C(=O)Nc3ccc4[nH]c(C(=O)O)cc4c3)cc2)cc1. The molecule has 16 nitrogen and oxygen atoms in total. The van der Waals surface area contributed by atoms with Crippen LogP contribution in [0, 0.1) is 6.92 Å². The van der Waals surface area contributed by atoms with E-state index in [9.17, 15) is 32.7 Å². The van der Waals surface area contributed by atoms with Crippen molar-refractivity contribution in [2.24, 2.45) is 0 Å². The highest BCUT2D eigenvalue weighted by Gasteiger charge is 2.26. The molecule has 0 bridgehead atoms. The van der Waals surface area contributed by atoms with Crippen LogP contribution in [0.1, 0.15) is 21.6 Å². The molecule has 3 amide bonds. The number of carbonyl (C=O) groups is 4. The van der Waals surface area contributed by atoms with Gasteiger partial charge in [0.2, 0.25) is 5.91 Å². The lowest BCUT2D eigenvalue weighted by Gasteiger charge is -2.19. The van der Waals surface area contributed by atoms with E-state index in [1.165, 1.54) is 53.5 Å². The number of hydrogen-bond donors (Lipinski definition) is 6. The zero-order valence-electron chi connectivity index (χ0n) is 27.0. The van der Waals surface area contributed by atoms with Crippen molar-refractivity contribution in [3.05, 3.63) is 119 Å². The van der Waals surface area contributed by atoms with Gasteiger partial charge in [0.15, 0.2) is 0 Å².